The first-order chi connectivity index (χ1) is 9.15. The molecule has 1 aliphatic rings. The van der Waals surface area contributed by atoms with E-state index in [1.54, 1.807) is 0 Å². The maximum absolute atomic E-state index is 5.99. The molecule has 1 aliphatic heterocycles. The van der Waals surface area contributed by atoms with Gasteiger partial charge in [0, 0.05) is 24.7 Å². The lowest BCUT2D eigenvalue weighted by molar-refractivity contribution is 0.106. The Bertz CT molecular complexity index is 405. The quantitative estimate of drug-likeness (QED) is 0.870. The van der Waals surface area contributed by atoms with Gasteiger partial charge in [-0.1, -0.05) is 11.6 Å². The zero-order valence-electron chi connectivity index (χ0n) is 11.6. The van der Waals surface area contributed by atoms with E-state index in [1.807, 2.05) is 25.1 Å². The number of aryl methyl sites for hydroxylation is 1. The molecule has 0 spiro atoms. The number of nitrogens with one attached hydrogen (secondary N) is 1. The summed E-state index contributed by atoms with van der Waals surface area (Å²) in [5, 5.41) is 4.17. The molecule has 2 rings (SSSR count). The third-order valence-electron chi connectivity index (χ3n) is 3.29. The minimum absolute atomic E-state index is 0.127. The van der Waals surface area contributed by atoms with Gasteiger partial charge in [-0.3, -0.25) is 0 Å². The summed E-state index contributed by atoms with van der Waals surface area (Å²) in [4.78, 5) is 0. The van der Waals surface area contributed by atoms with Crippen molar-refractivity contribution >= 4 is 11.6 Å². The van der Waals surface area contributed by atoms with Crippen LogP contribution < -0.4 is 10.1 Å². The van der Waals surface area contributed by atoms with E-state index in [2.05, 4.69) is 12.2 Å². The zero-order valence-corrected chi connectivity index (χ0v) is 12.4. The molecule has 0 bridgehead atoms. The number of benzene rings is 1. The third-order valence-corrected chi connectivity index (χ3v) is 3.72. The van der Waals surface area contributed by atoms with Gasteiger partial charge < -0.3 is 14.8 Å². The van der Waals surface area contributed by atoms with E-state index in [0.717, 1.165) is 36.0 Å². The summed E-state index contributed by atoms with van der Waals surface area (Å²) in [7, 11) is 0. The maximum Gasteiger partial charge on any atom is 0.120 e. The molecule has 1 aromatic carbocycles. The molecule has 0 amide bonds. The average Bonchev–Trinajstić information content (AvgIpc) is 2.87. The molecule has 0 saturated carbocycles. The monoisotopic (exact) mass is 283 g/mol. The molecule has 1 N–H and O–H groups in total. The molecule has 0 radical (unpaired) electrons. The summed E-state index contributed by atoms with van der Waals surface area (Å²) in [5.41, 5.74) is 1.04. The molecule has 1 saturated heterocycles. The highest BCUT2D eigenvalue weighted by molar-refractivity contribution is 6.31. The molecule has 0 aromatic heterocycles. The molecule has 19 heavy (non-hydrogen) atoms. The van der Waals surface area contributed by atoms with Crippen LogP contribution in [0.5, 0.6) is 5.75 Å². The van der Waals surface area contributed by atoms with Crippen molar-refractivity contribution in [1.82, 2.24) is 5.32 Å². The van der Waals surface area contributed by atoms with Gasteiger partial charge in [0.25, 0.3) is 0 Å². The number of hydrogen-bond acceptors (Lipinski definition) is 3. The summed E-state index contributed by atoms with van der Waals surface area (Å²) in [6, 6.07) is 5.75. The Morgan fingerprint density at radius 3 is 3.05 bits per heavy atom. The van der Waals surface area contributed by atoms with E-state index >= 15 is 0 Å². The van der Waals surface area contributed by atoms with E-state index in [1.165, 1.54) is 12.8 Å². The van der Waals surface area contributed by atoms with Crippen molar-refractivity contribution in [3.8, 4) is 5.75 Å². The first-order valence-electron chi connectivity index (χ1n) is 6.90. The van der Waals surface area contributed by atoms with E-state index in [0.29, 0.717) is 6.10 Å². The van der Waals surface area contributed by atoms with Crippen LogP contribution in [-0.4, -0.2) is 31.9 Å². The molecule has 106 valence electrons. The second-order valence-corrected chi connectivity index (χ2v) is 5.54. The van der Waals surface area contributed by atoms with Crippen molar-refractivity contribution in [3.63, 3.8) is 0 Å². The minimum atomic E-state index is 0.127. The summed E-state index contributed by atoms with van der Waals surface area (Å²) < 4.78 is 11.4. The number of halogens is 1. The fourth-order valence-corrected chi connectivity index (χ4v) is 2.33. The minimum Gasteiger partial charge on any atom is -0.489 e. The van der Waals surface area contributed by atoms with Gasteiger partial charge in [-0.25, -0.2) is 0 Å². The first kappa shape index (κ1) is 14.6. The molecule has 2 unspecified atom stereocenters. The summed E-state index contributed by atoms with van der Waals surface area (Å²) >= 11 is 5.99. The van der Waals surface area contributed by atoms with Crippen LogP contribution in [0.4, 0.5) is 0 Å². The molecule has 4 heteroatoms. The Kier molecular flexibility index (Phi) is 5.49. The second-order valence-electron chi connectivity index (χ2n) is 5.13. The fraction of sp³-hybridized carbons (Fsp3) is 0.600. The van der Waals surface area contributed by atoms with Crippen LogP contribution in [0.1, 0.15) is 25.3 Å². The van der Waals surface area contributed by atoms with Crippen LogP contribution in [0, 0.1) is 6.92 Å². The van der Waals surface area contributed by atoms with E-state index in [9.17, 15) is 0 Å². The molecular formula is C15H22ClNO2. The second kappa shape index (κ2) is 7.13. The van der Waals surface area contributed by atoms with Crippen molar-refractivity contribution in [2.24, 2.45) is 0 Å². The van der Waals surface area contributed by atoms with Crippen LogP contribution in [0.25, 0.3) is 0 Å². The van der Waals surface area contributed by atoms with Gasteiger partial charge in [-0.15, -0.1) is 0 Å². The Morgan fingerprint density at radius 1 is 1.53 bits per heavy atom. The highest BCUT2D eigenvalue weighted by atomic mass is 35.5. The zero-order chi connectivity index (χ0) is 13.7. The summed E-state index contributed by atoms with van der Waals surface area (Å²) in [6.07, 6.45) is 2.85. The first-order valence-corrected chi connectivity index (χ1v) is 7.28. The van der Waals surface area contributed by atoms with Gasteiger partial charge >= 0.3 is 0 Å². The van der Waals surface area contributed by atoms with Crippen LogP contribution in [0.15, 0.2) is 18.2 Å². The molecule has 2 atom stereocenters. The molecule has 1 aromatic rings. The maximum atomic E-state index is 5.99. The topological polar surface area (TPSA) is 30.5 Å². The van der Waals surface area contributed by atoms with Crippen molar-refractivity contribution in [2.75, 3.05) is 19.7 Å². The van der Waals surface area contributed by atoms with Gasteiger partial charge in [0.05, 0.1) is 6.10 Å². The Morgan fingerprint density at radius 2 is 2.37 bits per heavy atom. The molecule has 1 fully saturated rings. The van der Waals surface area contributed by atoms with Gasteiger partial charge in [0.2, 0.25) is 0 Å². The third kappa shape index (κ3) is 4.68. The van der Waals surface area contributed by atoms with Gasteiger partial charge in [0.1, 0.15) is 11.9 Å². The Balaban J connectivity index is 1.70. The number of ether oxygens (including phenoxy) is 2. The van der Waals surface area contributed by atoms with Crippen LogP contribution >= 0.6 is 11.6 Å². The highest BCUT2D eigenvalue weighted by Gasteiger charge is 2.15. The standard InChI is InChI=1S/C15H22ClNO2/c1-11-8-13(5-6-15(11)16)19-12(2)9-17-10-14-4-3-7-18-14/h5-6,8,12,14,17H,3-4,7,9-10H2,1-2H3. The van der Waals surface area contributed by atoms with E-state index in [4.69, 9.17) is 21.1 Å². The van der Waals surface area contributed by atoms with Crippen molar-refractivity contribution in [1.29, 1.82) is 0 Å². The molecular weight excluding hydrogens is 262 g/mol. The Hall–Kier alpha value is -0.770. The Labute approximate surface area is 120 Å². The highest BCUT2D eigenvalue weighted by Crippen LogP contribution is 2.21. The van der Waals surface area contributed by atoms with E-state index < -0.39 is 0 Å². The predicted octanol–water partition coefficient (Wildman–Crippen LogP) is 3.18. The lowest BCUT2D eigenvalue weighted by atomic mass is 10.2. The van der Waals surface area contributed by atoms with Gasteiger partial charge in [-0.05, 0) is 50.5 Å². The van der Waals surface area contributed by atoms with Gasteiger partial charge in [-0.2, -0.15) is 0 Å². The summed E-state index contributed by atoms with van der Waals surface area (Å²) in [6.45, 7) is 6.68. The number of hydrogen-bond donors (Lipinski definition) is 1. The largest absolute Gasteiger partial charge is 0.489 e. The predicted molar refractivity (Wildman–Crippen MR) is 78.1 cm³/mol. The van der Waals surface area contributed by atoms with Gasteiger partial charge in [0.15, 0.2) is 0 Å². The lowest BCUT2D eigenvalue weighted by Crippen LogP contribution is -2.34. The molecule has 1 heterocycles. The fourth-order valence-electron chi connectivity index (χ4n) is 2.22. The lowest BCUT2D eigenvalue weighted by Gasteiger charge is -2.17. The summed E-state index contributed by atoms with van der Waals surface area (Å²) in [5.74, 6) is 0.869. The van der Waals surface area contributed by atoms with Crippen LogP contribution in [0.2, 0.25) is 5.02 Å². The van der Waals surface area contributed by atoms with Crippen LogP contribution in [-0.2, 0) is 4.74 Å². The van der Waals surface area contributed by atoms with Crippen molar-refractivity contribution in [3.05, 3.63) is 28.8 Å². The normalized spacial score (nSPS) is 20.5. The smallest absolute Gasteiger partial charge is 0.120 e. The average molecular weight is 284 g/mol. The van der Waals surface area contributed by atoms with Crippen molar-refractivity contribution < 1.29 is 9.47 Å². The SMILES string of the molecule is Cc1cc(OC(C)CNCC2CCCO2)ccc1Cl. The van der Waals surface area contributed by atoms with Crippen LogP contribution in [0.3, 0.4) is 0 Å². The van der Waals surface area contributed by atoms with E-state index in [-0.39, 0.29) is 6.10 Å². The van der Waals surface area contributed by atoms with Crippen molar-refractivity contribution in [2.45, 2.75) is 38.9 Å². The number of rotatable bonds is 6. The molecule has 0 aliphatic carbocycles. The molecule has 3 nitrogen and oxygen atoms in total.